The van der Waals surface area contributed by atoms with Crippen LogP contribution in [0.15, 0.2) is 18.2 Å². The normalized spacial score (nSPS) is 10.5. The van der Waals surface area contributed by atoms with Crippen molar-refractivity contribution in [1.29, 1.82) is 0 Å². The largest absolute Gasteiger partial charge is 0.453 e. The van der Waals surface area contributed by atoms with Crippen LogP contribution in [0.1, 0.15) is 25.3 Å². The highest BCUT2D eigenvalue weighted by Gasteiger charge is 2.19. The average molecular weight is 304 g/mol. The van der Waals surface area contributed by atoms with E-state index in [1.807, 2.05) is 26.0 Å². The minimum Gasteiger partial charge on any atom is -0.453 e. The second kappa shape index (κ2) is 6.93. The number of ether oxygens (including phenoxy) is 1. The summed E-state index contributed by atoms with van der Waals surface area (Å²) in [5.41, 5.74) is 2.23. The number of methoxy groups -OCH3 is 1. The first-order chi connectivity index (χ1) is 10.6. The van der Waals surface area contributed by atoms with Gasteiger partial charge in [-0.25, -0.2) is 19.1 Å². The fourth-order valence-corrected chi connectivity index (χ4v) is 2.12. The summed E-state index contributed by atoms with van der Waals surface area (Å²) in [7, 11) is 1.26. The summed E-state index contributed by atoms with van der Waals surface area (Å²) >= 11 is 0. The molecule has 1 aromatic heterocycles. The van der Waals surface area contributed by atoms with Crippen LogP contribution in [0.25, 0.3) is 11.0 Å². The fourth-order valence-electron chi connectivity index (χ4n) is 2.12. The van der Waals surface area contributed by atoms with E-state index >= 15 is 0 Å². The smallest absolute Gasteiger partial charge is 0.413 e. The molecule has 0 radical (unpaired) electrons. The van der Waals surface area contributed by atoms with Crippen LogP contribution in [0.4, 0.5) is 15.5 Å². The molecule has 1 aromatic carbocycles. The fraction of sp³-hybridized carbons (Fsp3) is 0.400. The molecule has 2 N–H and O–H groups in total. The molecule has 2 aromatic rings. The second-order valence-electron chi connectivity index (χ2n) is 4.92. The summed E-state index contributed by atoms with van der Waals surface area (Å²) in [6, 6.07) is 5.21. The summed E-state index contributed by atoms with van der Waals surface area (Å²) in [6.07, 6.45) is 1.20. The van der Waals surface area contributed by atoms with Crippen molar-refractivity contribution >= 4 is 29.1 Å². The van der Waals surface area contributed by atoms with E-state index in [0.717, 1.165) is 18.4 Å². The number of imidazole rings is 1. The first-order valence-electron chi connectivity index (χ1n) is 7.19. The molecule has 0 atom stereocenters. The maximum absolute atomic E-state index is 12.4. The number of carbonyl (C=O) groups excluding carboxylic acids is 2. The number of fused-ring (bicyclic) bond motifs is 1. The average Bonchev–Trinajstić information content (AvgIpc) is 2.86. The molecule has 0 fully saturated rings. The summed E-state index contributed by atoms with van der Waals surface area (Å²) in [6.45, 7) is 4.52. The molecule has 0 spiro atoms. The summed E-state index contributed by atoms with van der Waals surface area (Å²) in [5.74, 6) is 0.144. The SMILES string of the molecule is CCCCNC(=O)n1c(NC(=O)OC)nc2c(C)cccc21. The van der Waals surface area contributed by atoms with E-state index < -0.39 is 6.09 Å². The van der Waals surface area contributed by atoms with Gasteiger partial charge in [-0.15, -0.1) is 0 Å². The number of rotatable bonds is 4. The zero-order valence-electron chi connectivity index (χ0n) is 13.0. The standard InChI is InChI=1S/C15H20N4O3/c1-4-5-9-16-14(20)19-11-8-6-7-10(2)12(11)17-13(19)18-15(21)22-3/h6-8H,4-5,9H2,1-3H3,(H,16,20)(H,17,18,21). The number of carbonyl (C=O) groups is 2. The van der Waals surface area contributed by atoms with E-state index in [1.54, 1.807) is 6.07 Å². The lowest BCUT2D eigenvalue weighted by Crippen LogP contribution is -2.31. The van der Waals surface area contributed by atoms with Crippen molar-refractivity contribution in [2.45, 2.75) is 26.7 Å². The Bertz CT molecular complexity index is 693. The topological polar surface area (TPSA) is 85.2 Å². The maximum atomic E-state index is 12.4. The Morgan fingerprint density at radius 3 is 2.82 bits per heavy atom. The summed E-state index contributed by atoms with van der Waals surface area (Å²) < 4.78 is 5.93. The van der Waals surface area contributed by atoms with Crippen LogP contribution in [-0.2, 0) is 4.74 Å². The number of nitrogens with one attached hydrogen (secondary N) is 2. The van der Waals surface area contributed by atoms with Gasteiger partial charge in [0.05, 0.1) is 18.1 Å². The Balaban J connectivity index is 2.43. The Kier molecular flexibility index (Phi) is 4.98. The number of anilines is 1. The van der Waals surface area contributed by atoms with Crippen LogP contribution < -0.4 is 10.6 Å². The molecule has 0 saturated heterocycles. The summed E-state index contributed by atoms with van der Waals surface area (Å²) in [5, 5.41) is 5.30. The van der Waals surface area contributed by atoms with Crippen molar-refractivity contribution in [3.63, 3.8) is 0 Å². The number of benzene rings is 1. The Labute approximate surface area is 128 Å². The van der Waals surface area contributed by atoms with E-state index in [1.165, 1.54) is 11.7 Å². The Morgan fingerprint density at radius 1 is 1.36 bits per heavy atom. The second-order valence-corrected chi connectivity index (χ2v) is 4.92. The van der Waals surface area contributed by atoms with E-state index in [-0.39, 0.29) is 12.0 Å². The van der Waals surface area contributed by atoms with Crippen molar-refractivity contribution in [2.24, 2.45) is 0 Å². The molecule has 22 heavy (non-hydrogen) atoms. The van der Waals surface area contributed by atoms with Crippen molar-refractivity contribution in [2.75, 3.05) is 19.0 Å². The quantitative estimate of drug-likeness (QED) is 0.850. The molecule has 0 aliphatic rings. The molecule has 0 aliphatic carbocycles. The number of unbranched alkanes of at least 4 members (excludes halogenated alkanes) is 1. The zero-order chi connectivity index (χ0) is 16.1. The van der Waals surface area contributed by atoms with Gasteiger partial charge in [0.1, 0.15) is 0 Å². The number of para-hydroxylation sites is 1. The minimum atomic E-state index is -0.671. The molecule has 0 saturated carbocycles. The van der Waals surface area contributed by atoms with Gasteiger partial charge in [0.25, 0.3) is 0 Å². The molecule has 2 rings (SSSR count). The maximum Gasteiger partial charge on any atom is 0.413 e. The third-order valence-corrected chi connectivity index (χ3v) is 3.30. The first-order valence-corrected chi connectivity index (χ1v) is 7.19. The molecule has 0 unspecified atom stereocenters. The number of aryl methyl sites for hydroxylation is 1. The van der Waals surface area contributed by atoms with Crippen LogP contribution >= 0.6 is 0 Å². The highest BCUT2D eigenvalue weighted by molar-refractivity contribution is 5.97. The van der Waals surface area contributed by atoms with Gasteiger partial charge in [0.15, 0.2) is 0 Å². The Morgan fingerprint density at radius 2 is 2.14 bits per heavy atom. The number of hydrogen-bond acceptors (Lipinski definition) is 4. The monoisotopic (exact) mass is 304 g/mol. The molecule has 7 nitrogen and oxygen atoms in total. The number of aromatic nitrogens is 2. The van der Waals surface area contributed by atoms with Crippen LogP contribution in [0, 0.1) is 6.92 Å². The molecule has 7 heteroatoms. The van der Waals surface area contributed by atoms with Gasteiger partial charge in [0.2, 0.25) is 5.95 Å². The van der Waals surface area contributed by atoms with E-state index in [0.29, 0.717) is 17.6 Å². The molecular formula is C15H20N4O3. The van der Waals surface area contributed by atoms with Crippen molar-refractivity contribution in [1.82, 2.24) is 14.9 Å². The highest BCUT2D eigenvalue weighted by atomic mass is 16.5. The number of hydrogen-bond donors (Lipinski definition) is 2. The predicted molar refractivity (Wildman–Crippen MR) is 84.2 cm³/mol. The third-order valence-electron chi connectivity index (χ3n) is 3.30. The van der Waals surface area contributed by atoms with Crippen LogP contribution in [0.5, 0.6) is 0 Å². The van der Waals surface area contributed by atoms with E-state index in [2.05, 4.69) is 20.4 Å². The van der Waals surface area contributed by atoms with E-state index in [4.69, 9.17) is 0 Å². The molecule has 0 aliphatic heterocycles. The minimum absolute atomic E-state index is 0.144. The van der Waals surface area contributed by atoms with Crippen LogP contribution in [-0.4, -0.2) is 35.3 Å². The van der Waals surface area contributed by atoms with Gasteiger partial charge >= 0.3 is 12.1 Å². The van der Waals surface area contributed by atoms with Gasteiger partial charge in [-0.3, -0.25) is 5.32 Å². The van der Waals surface area contributed by atoms with Gasteiger partial charge < -0.3 is 10.1 Å². The lowest BCUT2D eigenvalue weighted by atomic mass is 10.2. The molecule has 2 amide bonds. The zero-order valence-corrected chi connectivity index (χ0v) is 13.0. The van der Waals surface area contributed by atoms with Crippen molar-refractivity contribution in [3.05, 3.63) is 23.8 Å². The van der Waals surface area contributed by atoms with Gasteiger partial charge in [0, 0.05) is 6.54 Å². The molecule has 1 heterocycles. The van der Waals surface area contributed by atoms with Gasteiger partial charge in [-0.2, -0.15) is 0 Å². The lowest BCUT2D eigenvalue weighted by molar-refractivity contribution is 0.186. The van der Waals surface area contributed by atoms with Crippen LogP contribution in [0.2, 0.25) is 0 Å². The van der Waals surface area contributed by atoms with Gasteiger partial charge in [-0.1, -0.05) is 25.5 Å². The van der Waals surface area contributed by atoms with Gasteiger partial charge in [-0.05, 0) is 25.0 Å². The molecule has 118 valence electrons. The van der Waals surface area contributed by atoms with Crippen molar-refractivity contribution in [3.8, 4) is 0 Å². The summed E-state index contributed by atoms with van der Waals surface area (Å²) in [4.78, 5) is 28.2. The Hall–Kier alpha value is -2.57. The van der Waals surface area contributed by atoms with Crippen LogP contribution in [0.3, 0.4) is 0 Å². The highest BCUT2D eigenvalue weighted by Crippen LogP contribution is 2.22. The lowest BCUT2D eigenvalue weighted by Gasteiger charge is -2.09. The predicted octanol–water partition coefficient (Wildman–Crippen LogP) is 2.88. The van der Waals surface area contributed by atoms with E-state index in [9.17, 15) is 9.59 Å². The van der Waals surface area contributed by atoms with Crippen molar-refractivity contribution < 1.29 is 14.3 Å². The number of nitrogens with zero attached hydrogens (tertiary/aromatic N) is 2. The molecular weight excluding hydrogens is 284 g/mol. The third kappa shape index (κ3) is 3.19. The molecule has 0 bridgehead atoms. The first kappa shape index (κ1) is 15.8. The number of amides is 2.